The first kappa shape index (κ1) is 14.1. The van der Waals surface area contributed by atoms with Gasteiger partial charge in [0, 0.05) is 24.0 Å². The van der Waals surface area contributed by atoms with E-state index in [4.69, 9.17) is 4.52 Å². The molecule has 0 aliphatic rings. The van der Waals surface area contributed by atoms with Crippen LogP contribution in [0.1, 0.15) is 16.1 Å². The normalized spacial score (nSPS) is 10.8. The minimum absolute atomic E-state index is 0.257. The lowest BCUT2D eigenvalue weighted by Gasteiger charge is -2.00. The second-order valence-corrected chi connectivity index (χ2v) is 5.18. The molecule has 1 amide bonds. The van der Waals surface area contributed by atoms with E-state index in [9.17, 15) is 4.79 Å². The Bertz CT molecular complexity index is 990. The van der Waals surface area contributed by atoms with Crippen molar-refractivity contribution in [1.82, 2.24) is 25.1 Å². The monoisotopic (exact) mass is 319 g/mol. The van der Waals surface area contributed by atoms with Gasteiger partial charge in [0.25, 0.3) is 5.91 Å². The first-order chi connectivity index (χ1) is 11.8. The van der Waals surface area contributed by atoms with E-state index >= 15 is 0 Å². The highest BCUT2D eigenvalue weighted by atomic mass is 16.5. The molecule has 4 rings (SSSR count). The van der Waals surface area contributed by atoms with Gasteiger partial charge in [-0.25, -0.2) is 9.50 Å². The fourth-order valence-electron chi connectivity index (χ4n) is 2.39. The van der Waals surface area contributed by atoms with E-state index < -0.39 is 0 Å². The van der Waals surface area contributed by atoms with Gasteiger partial charge in [0.05, 0.1) is 12.7 Å². The van der Waals surface area contributed by atoms with Crippen molar-refractivity contribution < 1.29 is 9.32 Å². The van der Waals surface area contributed by atoms with Gasteiger partial charge in [-0.1, -0.05) is 35.5 Å². The first-order valence-corrected chi connectivity index (χ1v) is 7.39. The van der Waals surface area contributed by atoms with Crippen molar-refractivity contribution in [3.63, 3.8) is 0 Å². The zero-order valence-electron chi connectivity index (χ0n) is 12.6. The molecule has 0 radical (unpaired) electrons. The summed E-state index contributed by atoms with van der Waals surface area (Å²) in [5.74, 6) is 0.408. The molecule has 4 aromatic rings. The lowest BCUT2D eigenvalue weighted by molar-refractivity contribution is 0.0951. The van der Waals surface area contributed by atoms with Crippen LogP contribution in [0.4, 0.5) is 0 Å². The molecule has 1 aromatic carbocycles. The largest absolute Gasteiger partial charge is 0.356 e. The second-order valence-electron chi connectivity index (χ2n) is 5.18. The van der Waals surface area contributed by atoms with Gasteiger partial charge in [-0.3, -0.25) is 4.79 Å². The van der Waals surface area contributed by atoms with E-state index in [1.54, 1.807) is 23.0 Å². The average Bonchev–Trinajstić information content (AvgIpc) is 3.27. The van der Waals surface area contributed by atoms with Crippen LogP contribution in [0, 0.1) is 0 Å². The van der Waals surface area contributed by atoms with Crippen LogP contribution in [0.15, 0.2) is 65.6 Å². The molecular formula is C17H13N5O2. The quantitative estimate of drug-likeness (QED) is 0.624. The zero-order valence-corrected chi connectivity index (χ0v) is 12.6. The van der Waals surface area contributed by atoms with Gasteiger partial charge in [0.15, 0.2) is 11.4 Å². The van der Waals surface area contributed by atoms with Crippen LogP contribution in [0.5, 0.6) is 0 Å². The smallest absolute Gasteiger partial charge is 0.257 e. The van der Waals surface area contributed by atoms with Crippen LogP contribution in [-0.2, 0) is 6.54 Å². The van der Waals surface area contributed by atoms with Gasteiger partial charge in [0.2, 0.25) is 0 Å². The predicted molar refractivity (Wildman–Crippen MR) is 86.1 cm³/mol. The molecule has 24 heavy (non-hydrogen) atoms. The minimum Gasteiger partial charge on any atom is -0.356 e. The average molecular weight is 319 g/mol. The van der Waals surface area contributed by atoms with E-state index in [0.29, 0.717) is 22.7 Å². The lowest BCUT2D eigenvalue weighted by atomic mass is 10.1. The minimum atomic E-state index is -0.257. The molecule has 0 saturated heterocycles. The van der Waals surface area contributed by atoms with Gasteiger partial charge in [0.1, 0.15) is 11.3 Å². The van der Waals surface area contributed by atoms with Gasteiger partial charge in [-0.05, 0) is 6.07 Å². The van der Waals surface area contributed by atoms with Gasteiger partial charge in [-0.2, -0.15) is 5.10 Å². The maximum Gasteiger partial charge on any atom is 0.257 e. The standard InChI is InChI=1S/C17H13N5O2/c23-17(14-11-20-22-8-4-7-18-16(14)22)19-10-13-9-15(24-21-13)12-5-2-1-3-6-12/h1-9,11H,10H2,(H,19,23). The van der Waals surface area contributed by atoms with Crippen LogP contribution in [0.25, 0.3) is 17.0 Å². The number of nitrogens with one attached hydrogen (secondary N) is 1. The summed E-state index contributed by atoms with van der Waals surface area (Å²) in [6.45, 7) is 0.263. The number of hydrogen-bond acceptors (Lipinski definition) is 5. The lowest BCUT2D eigenvalue weighted by Crippen LogP contribution is -2.22. The second kappa shape index (κ2) is 5.96. The maximum atomic E-state index is 12.3. The summed E-state index contributed by atoms with van der Waals surface area (Å²) in [4.78, 5) is 16.5. The van der Waals surface area contributed by atoms with Crippen molar-refractivity contribution >= 4 is 11.6 Å². The van der Waals surface area contributed by atoms with Gasteiger partial charge < -0.3 is 9.84 Å². The van der Waals surface area contributed by atoms with Crippen molar-refractivity contribution in [2.24, 2.45) is 0 Å². The molecule has 3 aromatic heterocycles. The highest BCUT2D eigenvalue weighted by Crippen LogP contribution is 2.19. The fourth-order valence-corrected chi connectivity index (χ4v) is 2.39. The SMILES string of the molecule is O=C(NCc1cc(-c2ccccc2)on1)c1cnn2cccnc12. The molecule has 0 fully saturated rings. The molecule has 0 atom stereocenters. The molecule has 0 bridgehead atoms. The molecule has 0 aliphatic carbocycles. The summed E-state index contributed by atoms with van der Waals surface area (Å²) in [5, 5.41) is 10.9. The summed E-state index contributed by atoms with van der Waals surface area (Å²) in [5.41, 5.74) is 2.52. The number of fused-ring (bicyclic) bond motifs is 1. The highest BCUT2D eigenvalue weighted by Gasteiger charge is 2.14. The molecule has 7 heteroatoms. The summed E-state index contributed by atoms with van der Waals surface area (Å²) in [6, 6.07) is 13.2. The van der Waals surface area contributed by atoms with Gasteiger partial charge >= 0.3 is 0 Å². The van der Waals surface area contributed by atoms with E-state index in [1.807, 2.05) is 36.4 Å². The molecule has 7 nitrogen and oxygen atoms in total. The van der Waals surface area contributed by atoms with Crippen molar-refractivity contribution in [2.45, 2.75) is 6.54 Å². The Balaban J connectivity index is 1.47. The molecular weight excluding hydrogens is 306 g/mol. The predicted octanol–water partition coefficient (Wildman–Crippen LogP) is 2.31. The van der Waals surface area contributed by atoms with Crippen LogP contribution in [0.2, 0.25) is 0 Å². The Hall–Kier alpha value is -3.48. The van der Waals surface area contributed by atoms with Crippen LogP contribution < -0.4 is 5.32 Å². The van der Waals surface area contributed by atoms with Gasteiger partial charge in [-0.15, -0.1) is 0 Å². The molecule has 118 valence electrons. The van der Waals surface area contributed by atoms with Crippen LogP contribution >= 0.6 is 0 Å². The third-order valence-electron chi connectivity index (χ3n) is 3.57. The van der Waals surface area contributed by atoms with E-state index in [1.165, 1.54) is 6.20 Å². The molecule has 0 aliphatic heterocycles. The first-order valence-electron chi connectivity index (χ1n) is 7.39. The summed E-state index contributed by atoms with van der Waals surface area (Å²) >= 11 is 0. The number of aromatic nitrogens is 4. The van der Waals surface area contributed by atoms with Crippen molar-refractivity contribution in [2.75, 3.05) is 0 Å². The van der Waals surface area contributed by atoms with E-state index in [0.717, 1.165) is 5.56 Å². The van der Waals surface area contributed by atoms with Crippen molar-refractivity contribution in [3.05, 3.63) is 72.3 Å². The van der Waals surface area contributed by atoms with Crippen LogP contribution in [-0.4, -0.2) is 25.7 Å². The molecule has 0 spiro atoms. The third-order valence-corrected chi connectivity index (χ3v) is 3.57. The third kappa shape index (κ3) is 2.63. The number of carbonyl (C=O) groups excluding carboxylic acids is 1. The van der Waals surface area contributed by atoms with Crippen molar-refractivity contribution in [1.29, 1.82) is 0 Å². The zero-order chi connectivity index (χ0) is 16.4. The summed E-state index contributed by atoms with van der Waals surface area (Å²) in [6.07, 6.45) is 4.86. The van der Waals surface area contributed by atoms with E-state index in [-0.39, 0.29) is 12.5 Å². The number of hydrogen-bond donors (Lipinski definition) is 1. The van der Waals surface area contributed by atoms with Crippen molar-refractivity contribution in [3.8, 4) is 11.3 Å². The summed E-state index contributed by atoms with van der Waals surface area (Å²) < 4.78 is 6.87. The molecule has 1 N–H and O–H groups in total. The maximum absolute atomic E-state index is 12.3. The summed E-state index contributed by atoms with van der Waals surface area (Å²) in [7, 11) is 0. The Labute approximate surface area is 136 Å². The molecule has 0 unspecified atom stereocenters. The van der Waals surface area contributed by atoms with Crippen LogP contribution in [0.3, 0.4) is 0 Å². The number of amides is 1. The fraction of sp³-hybridized carbons (Fsp3) is 0.0588. The number of benzene rings is 1. The number of nitrogens with zero attached hydrogens (tertiary/aromatic N) is 4. The topological polar surface area (TPSA) is 85.3 Å². The Morgan fingerprint density at radius 3 is 2.96 bits per heavy atom. The van der Waals surface area contributed by atoms with E-state index in [2.05, 4.69) is 20.6 Å². The number of carbonyl (C=O) groups is 1. The highest BCUT2D eigenvalue weighted by molar-refractivity contribution is 5.99. The Kier molecular flexibility index (Phi) is 3.51. The number of rotatable bonds is 4. The molecule has 0 saturated carbocycles. The Morgan fingerprint density at radius 2 is 2.08 bits per heavy atom. The Morgan fingerprint density at radius 1 is 1.21 bits per heavy atom. The molecule has 3 heterocycles.